The summed E-state index contributed by atoms with van der Waals surface area (Å²) in [6, 6.07) is 12.5. The van der Waals surface area contributed by atoms with E-state index in [1.165, 1.54) is 11.6 Å². The van der Waals surface area contributed by atoms with Crippen molar-refractivity contribution >= 4 is 0 Å². The minimum absolute atomic E-state index is 0.168. The zero-order valence-corrected chi connectivity index (χ0v) is 16.7. The molecule has 1 aliphatic rings. The lowest BCUT2D eigenvalue weighted by Gasteiger charge is -2.27. The molecule has 2 atom stereocenters. The zero-order chi connectivity index (χ0) is 19.9. The van der Waals surface area contributed by atoms with Gasteiger partial charge < -0.3 is 14.6 Å². The van der Waals surface area contributed by atoms with Crippen LogP contribution in [0.2, 0.25) is 0 Å². The van der Waals surface area contributed by atoms with Gasteiger partial charge in [-0.1, -0.05) is 18.2 Å². The van der Waals surface area contributed by atoms with E-state index in [0.29, 0.717) is 13.1 Å². The van der Waals surface area contributed by atoms with Crippen LogP contribution in [0, 0.1) is 19.7 Å². The molecule has 2 aromatic carbocycles. The molecule has 0 spiro atoms. The summed E-state index contributed by atoms with van der Waals surface area (Å²) in [4.78, 5) is 2.12. The van der Waals surface area contributed by atoms with Crippen LogP contribution in [0.15, 0.2) is 42.5 Å². The van der Waals surface area contributed by atoms with Gasteiger partial charge >= 0.3 is 0 Å². The number of hydrogen-bond donors (Lipinski definition) is 1. The van der Waals surface area contributed by atoms with Crippen molar-refractivity contribution in [2.24, 2.45) is 0 Å². The number of aliphatic hydroxyl groups is 1. The quantitative estimate of drug-likeness (QED) is 0.709. The van der Waals surface area contributed by atoms with Crippen molar-refractivity contribution in [3.63, 3.8) is 0 Å². The zero-order valence-electron chi connectivity index (χ0n) is 16.7. The maximum Gasteiger partial charge on any atom is 0.123 e. The molecule has 2 unspecified atom stereocenters. The summed E-state index contributed by atoms with van der Waals surface area (Å²) in [5, 5.41) is 10.5. The maximum atomic E-state index is 13.5. The highest BCUT2D eigenvalue weighted by Gasteiger charge is 2.21. The van der Waals surface area contributed by atoms with Gasteiger partial charge in [-0.25, -0.2) is 4.39 Å². The molecule has 1 heterocycles. The number of aryl methyl sites for hydroxylation is 2. The number of benzene rings is 2. The minimum Gasteiger partial charge on any atom is -0.491 e. The van der Waals surface area contributed by atoms with Crippen molar-refractivity contribution in [2.75, 3.05) is 26.3 Å². The lowest BCUT2D eigenvalue weighted by atomic mass is 10.1. The predicted octanol–water partition coefficient (Wildman–Crippen LogP) is 3.86. The van der Waals surface area contributed by atoms with Gasteiger partial charge in [0, 0.05) is 26.2 Å². The first-order valence-electron chi connectivity index (χ1n) is 9.96. The van der Waals surface area contributed by atoms with Gasteiger partial charge in [-0.3, -0.25) is 4.90 Å². The van der Waals surface area contributed by atoms with E-state index in [1.54, 1.807) is 12.1 Å². The van der Waals surface area contributed by atoms with Crippen molar-refractivity contribution in [1.29, 1.82) is 0 Å². The molecule has 0 aliphatic carbocycles. The third kappa shape index (κ3) is 6.30. The highest BCUT2D eigenvalue weighted by molar-refractivity contribution is 5.33. The summed E-state index contributed by atoms with van der Waals surface area (Å²) in [6.07, 6.45) is 1.62. The first-order valence-corrected chi connectivity index (χ1v) is 9.96. The average molecular weight is 387 g/mol. The standard InChI is InChI=1S/C23H30FNO3/c1-17-8-9-22(11-18(17)2)28-16-21(26)14-25(15-23-7-4-10-27-23)13-19-5-3-6-20(24)12-19/h3,5-6,8-9,11-12,21,23,26H,4,7,10,13-16H2,1-2H3. The van der Waals surface area contributed by atoms with Crippen LogP contribution in [0.25, 0.3) is 0 Å². The first kappa shape index (κ1) is 20.8. The van der Waals surface area contributed by atoms with Crippen molar-refractivity contribution in [2.45, 2.75) is 45.4 Å². The number of rotatable bonds is 9. The minimum atomic E-state index is -0.642. The largest absolute Gasteiger partial charge is 0.491 e. The van der Waals surface area contributed by atoms with Gasteiger partial charge in [0.25, 0.3) is 0 Å². The topological polar surface area (TPSA) is 41.9 Å². The second-order valence-electron chi connectivity index (χ2n) is 7.67. The van der Waals surface area contributed by atoms with Crippen LogP contribution in [0.3, 0.4) is 0 Å². The smallest absolute Gasteiger partial charge is 0.123 e. The van der Waals surface area contributed by atoms with E-state index in [4.69, 9.17) is 9.47 Å². The van der Waals surface area contributed by atoms with Crippen molar-refractivity contribution in [3.8, 4) is 5.75 Å². The van der Waals surface area contributed by atoms with Gasteiger partial charge in [0.1, 0.15) is 24.3 Å². The Balaban J connectivity index is 1.57. The SMILES string of the molecule is Cc1ccc(OCC(O)CN(Cc2cccc(F)c2)CC2CCCO2)cc1C. The fourth-order valence-electron chi connectivity index (χ4n) is 3.52. The number of halogens is 1. The molecule has 0 amide bonds. The van der Waals surface area contributed by atoms with Gasteiger partial charge in [-0.15, -0.1) is 0 Å². The van der Waals surface area contributed by atoms with Gasteiger partial charge in [0.05, 0.1) is 6.10 Å². The Morgan fingerprint density at radius 1 is 1.21 bits per heavy atom. The molecule has 2 aromatic rings. The van der Waals surface area contributed by atoms with E-state index in [9.17, 15) is 9.50 Å². The van der Waals surface area contributed by atoms with E-state index in [-0.39, 0.29) is 18.5 Å². The Bertz CT molecular complexity index is 761. The third-order valence-corrected chi connectivity index (χ3v) is 5.17. The monoisotopic (exact) mass is 387 g/mol. The molecule has 28 heavy (non-hydrogen) atoms. The third-order valence-electron chi connectivity index (χ3n) is 5.17. The molecule has 1 N–H and O–H groups in total. The molecule has 1 aliphatic heterocycles. The van der Waals surface area contributed by atoms with E-state index in [1.807, 2.05) is 31.2 Å². The molecular weight excluding hydrogens is 357 g/mol. The first-order chi connectivity index (χ1) is 13.5. The highest BCUT2D eigenvalue weighted by Crippen LogP contribution is 2.18. The second kappa shape index (κ2) is 10.0. The summed E-state index contributed by atoms with van der Waals surface area (Å²) >= 11 is 0. The van der Waals surface area contributed by atoms with Gasteiger partial charge in [-0.2, -0.15) is 0 Å². The Hall–Kier alpha value is -1.95. The fraction of sp³-hybridized carbons (Fsp3) is 0.478. The lowest BCUT2D eigenvalue weighted by Crippen LogP contribution is -2.39. The number of ether oxygens (including phenoxy) is 2. The normalized spacial score (nSPS) is 17.8. The van der Waals surface area contributed by atoms with Crippen LogP contribution in [-0.2, 0) is 11.3 Å². The predicted molar refractivity (Wildman–Crippen MR) is 108 cm³/mol. The molecule has 152 valence electrons. The van der Waals surface area contributed by atoms with Crippen LogP contribution in [0.1, 0.15) is 29.5 Å². The number of hydrogen-bond acceptors (Lipinski definition) is 4. The molecule has 0 radical (unpaired) electrons. The molecule has 0 bridgehead atoms. The van der Waals surface area contributed by atoms with E-state index < -0.39 is 6.10 Å². The Labute approximate surface area is 166 Å². The Morgan fingerprint density at radius 3 is 2.79 bits per heavy atom. The van der Waals surface area contributed by atoms with Crippen molar-refractivity contribution < 1.29 is 19.0 Å². The highest BCUT2D eigenvalue weighted by atomic mass is 19.1. The van der Waals surface area contributed by atoms with Gasteiger partial charge in [-0.05, 0) is 67.6 Å². The van der Waals surface area contributed by atoms with Crippen molar-refractivity contribution in [1.82, 2.24) is 4.90 Å². The molecule has 3 rings (SSSR count). The Morgan fingerprint density at radius 2 is 2.07 bits per heavy atom. The maximum absolute atomic E-state index is 13.5. The number of nitrogens with zero attached hydrogens (tertiary/aromatic N) is 1. The fourth-order valence-corrected chi connectivity index (χ4v) is 3.52. The van der Waals surface area contributed by atoms with E-state index >= 15 is 0 Å². The molecule has 0 saturated carbocycles. The second-order valence-corrected chi connectivity index (χ2v) is 7.67. The van der Waals surface area contributed by atoms with Crippen LogP contribution >= 0.6 is 0 Å². The average Bonchev–Trinajstić information content (AvgIpc) is 3.16. The van der Waals surface area contributed by atoms with Crippen LogP contribution in [0.4, 0.5) is 4.39 Å². The summed E-state index contributed by atoms with van der Waals surface area (Å²) in [5.74, 6) is 0.520. The summed E-state index contributed by atoms with van der Waals surface area (Å²) in [7, 11) is 0. The molecule has 0 aromatic heterocycles. The van der Waals surface area contributed by atoms with Crippen LogP contribution < -0.4 is 4.74 Å². The van der Waals surface area contributed by atoms with Gasteiger partial charge in [0.2, 0.25) is 0 Å². The number of aliphatic hydroxyl groups excluding tert-OH is 1. The van der Waals surface area contributed by atoms with Gasteiger partial charge in [0.15, 0.2) is 0 Å². The van der Waals surface area contributed by atoms with Crippen LogP contribution in [0.5, 0.6) is 5.75 Å². The molecular formula is C23H30FNO3. The summed E-state index contributed by atoms with van der Waals surface area (Å²) in [5.41, 5.74) is 3.27. The molecule has 1 fully saturated rings. The molecule has 1 saturated heterocycles. The van der Waals surface area contributed by atoms with Crippen molar-refractivity contribution in [3.05, 3.63) is 65.0 Å². The molecule has 5 heteroatoms. The van der Waals surface area contributed by atoms with Crippen LogP contribution in [-0.4, -0.2) is 48.5 Å². The van der Waals surface area contributed by atoms with E-state index in [0.717, 1.165) is 42.9 Å². The Kier molecular flexibility index (Phi) is 7.43. The summed E-state index contributed by atoms with van der Waals surface area (Å²) in [6.45, 7) is 6.84. The van der Waals surface area contributed by atoms with E-state index in [2.05, 4.69) is 11.8 Å². The lowest BCUT2D eigenvalue weighted by molar-refractivity contribution is 0.0313. The summed E-state index contributed by atoms with van der Waals surface area (Å²) < 4.78 is 25.1. The molecule has 4 nitrogen and oxygen atoms in total.